The molecule has 0 radical (unpaired) electrons. The van der Waals surface area contributed by atoms with Crippen molar-refractivity contribution < 1.29 is 18.7 Å². The third kappa shape index (κ3) is 7.34. The molecule has 0 saturated carbocycles. The van der Waals surface area contributed by atoms with Crippen LogP contribution in [-0.2, 0) is 24.3 Å². The van der Waals surface area contributed by atoms with E-state index in [9.17, 15) is 4.79 Å². The van der Waals surface area contributed by atoms with E-state index in [-0.39, 0.29) is 42.5 Å². The number of amides is 1. The van der Waals surface area contributed by atoms with Gasteiger partial charge in [-0.05, 0) is 45.0 Å². The van der Waals surface area contributed by atoms with Gasteiger partial charge in [-0.3, -0.25) is 4.79 Å². The van der Waals surface area contributed by atoms with Gasteiger partial charge in [-0.1, -0.05) is 0 Å². The van der Waals surface area contributed by atoms with Gasteiger partial charge in [0.25, 0.3) is 0 Å². The van der Waals surface area contributed by atoms with Crippen LogP contribution in [0.3, 0.4) is 0 Å². The van der Waals surface area contributed by atoms with E-state index < -0.39 is 0 Å². The van der Waals surface area contributed by atoms with Crippen molar-refractivity contribution in [2.75, 3.05) is 19.7 Å². The monoisotopic (exact) mass is 542 g/mol. The third-order valence-corrected chi connectivity index (χ3v) is 4.59. The molecule has 0 saturated heterocycles. The minimum atomic E-state index is -0.146. The Morgan fingerprint density at radius 2 is 2.10 bits per heavy atom. The number of furan rings is 1. The number of carbonyl (C=O) groups is 1. The topological polar surface area (TPSA) is 97.1 Å². The van der Waals surface area contributed by atoms with Gasteiger partial charge in [0.2, 0.25) is 5.91 Å². The number of rotatable bonds is 9. The molecule has 1 aromatic carbocycles. The van der Waals surface area contributed by atoms with Crippen LogP contribution in [0.2, 0.25) is 0 Å². The highest BCUT2D eigenvalue weighted by atomic mass is 127. The zero-order valence-electron chi connectivity index (χ0n) is 18.2. The summed E-state index contributed by atoms with van der Waals surface area (Å²) in [7, 11) is 0. The van der Waals surface area contributed by atoms with Crippen LogP contribution in [0.4, 0.5) is 0 Å². The summed E-state index contributed by atoms with van der Waals surface area (Å²) in [5.74, 6) is 2.84. The SMILES string of the molecule is CCNC(=NCc1cc2c(cc1OCC)CC(C)O2)NCC(=O)NCc1ccco1.I. The first kappa shape index (κ1) is 24.8. The molecular weight excluding hydrogens is 511 g/mol. The quantitative estimate of drug-likeness (QED) is 0.256. The van der Waals surface area contributed by atoms with Crippen molar-refractivity contribution in [2.24, 2.45) is 4.99 Å². The number of guanidine groups is 1. The second kappa shape index (κ2) is 12.4. The predicted molar refractivity (Wildman–Crippen MR) is 130 cm³/mol. The van der Waals surface area contributed by atoms with Crippen LogP contribution in [-0.4, -0.2) is 37.7 Å². The second-order valence-corrected chi connectivity index (χ2v) is 7.04. The minimum absolute atomic E-state index is 0. The van der Waals surface area contributed by atoms with Gasteiger partial charge in [0.1, 0.15) is 23.4 Å². The minimum Gasteiger partial charge on any atom is -0.494 e. The van der Waals surface area contributed by atoms with Crippen LogP contribution in [0.25, 0.3) is 0 Å². The van der Waals surface area contributed by atoms with Crippen molar-refractivity contribution >= 4 is 35.8 Å². The molecule has 1 aromatic heterocycles. The van der Waals surface area contributed by atoms with Gasteiger partial charge in [-0.2, -0.15) is 0 Å². The molecule has 0 spiro atoms. The summed E-state index contributed by atoms with van der Waals surface area (Å²) in [5.41, 5.74) is 2.11. The molecule has 3 rings (SSSR count). The molecular formula is C22H31IN4O4. The lowest BCUT2D eigenvalue weighted by molar-refractivity contribution is -0.120. The highest BCUT2D eigenvalue weighted by molar-refractivity contribution is 14.0. The Morgan fingerprint density at radius 1 is 1.26 bits per heavy atom. The molecule has 1 unspecified atom stereocenters. The van der Waals surface area contributed by atoms with Gasteiger partial charge in [0.05, 0.1) is 32.5 Å². The molecule has 0 fully saturated rings. The number of nitrogens with one attached hydrogen (secondary N) is 3. The van der Waals surface area contributed by atoms with E-state index in [0.29, 0.717) is 38.0 Å². The Morgan fingerprint density at radius 3 is 2.81 bits per heavy atom. The lowest BCUT2D eigenvalue weighted by Gasteiger charge is -2.14. The van der Waals surface area contributed by atoms with E-state index in [1.807, 2.05) is 26.0 Å². The number of nitrogens with zero attached hydrogens (tertiary/aromatic N) is 1. The first-order valence-electron chi connectivity index (χ1n) is 10.4. The maximum atomic E-state index is 12.1. The smallest absolute Gasteiger partial charge is 0.239 e. The average molecular weight is 542 g/mol. The van der Waals surface area contributed by atoms with E-state index in [4.69, 9.17) is 13.9 Å². The summed E-state index contributed by atoms with van der Waals surface area (Å²) in [5, 5.41) is 9.01. The molecule has 2 aromatic rings. The van der Waals surface area contributed by atoms with Crippen LogP contribution >= 0.6 is 24.0 Å². The van der Waals surface area contributed by atoms with Crippen molar-refractivity contribution in [1.82, 2.24) is 16.0 Å². The average Bonchev–Trinajstić information content (AvgIpc) is 3.37. The Hall–Kier alpha value is -2.43. The normalized spacial score (nSPS) is 14.8. The fourth-order valence-electron chi connectivity index (χ4n) is 3.23. The summed E-state index contributed by atoms with van der Waals surface area (Å²) < 4.78 is 16.9. The van der Waals surface area contributed by atoms with Crippen molar-refractivity contribution in [1.29, 1.82) is 0 Å². The second-order valence-electron chi connectivity index (χ2n) is 7.04. The van der Waals surface area contributed by atoms with Crippen molar-refractivity contribution in [3.8, 4) is 11.5 Å². The standard InChI is InChI=1S/C22H30N4O4.HI/c1-4-23-22(26-14-21(27)24-13-18-7-6-8-29-18)25-12-17-11-20-16(9-15(3)30-20)10-19(17)28-5-2;/h6-8,10-11,15H,4-5,9,12-14H2,1-3H3,(H,24,27)(H2,23,25,26);1H. The van der Waals surface area contributed by atoms with E-state index in [0.717, 1.165) is 29.0 Å². The Labute approximate surface area is 200 Å². The van der Waals surface area contributed by atoms with Crippen LogP contribution < -0.4 is 25.4 Å². The third-order valence-electron chi connectivity index (χ3n) is 4.59. The molecule has 1 atom stereocenters. The molecule has 170 valence electrons. The number of benzene rings is 1. The number of hydrogen-bond donors (Lipinski definition) is 3. The number of carbonyl (C=O) groups excluding carboxylic acids is 1. The van der Waals surface area contributed by atoms with Gasteiger partial charge in [-0.25, -0.2) is 4.99 Å². The van der Waals surface area contributed by atoms with E-state index >= 15 is 0 Å². The molecule has 1 aliphatic rings. The Kier molecular flexibility index (Phi) is 9.96. The van der Waals surface area contributed by atoms with E-state index in [1.165, 1.54) is 0 Å². The zero-order valence-corrected chi connectivity index (χ0v) is 20.5. The van der Waals surface area contributed by atoms with E-state index in [1.54, 1.807) is 12.3 Å². The number of fused-ring (bicyclic) bond motifs is 1. The highest BCUT2D eigenvalue weighted by Crippen LogP contribution is 2.35. The predicted octanol–water partition coefficient (Wildman–Crippen LogP) is 2.99. The number of aliphatic imine (C=N–C) groups is 1. The van der Waals surface area contributed by atoms with Gasteiger partial charge in [0, 0.05) is 24.1 Å². The summed E-state index contributed by atoms with van der Waals surface area (Å²) in [6.45, 7) is 8.13. The summed E-state index contributed by atoms with van der Waals surface area (Å²) >= 11 is 0. The first-order chi connectivity index (χ1) is 14.6. The summed E-state index contributed by atoms with van der Waals surface area (Å²) in [6, 6.07) is 7.66. The molecule has 9 heteroatoms. The molecule has 0 aliphatic carbocycles. The fourth-order valence-corrected chi connectivity index (χ4v) is 3.23. The van der Waals surface area contributed by atoms with Crippen LogP contribution in [0, 0.1) is 0 Å². The molecule has 1 amide bonds. The number of hydrogen-bond acceptors (Lipinski definition) is 5. The highest BCUT2D eigenvalue weighted by Gasteiger charge is 2.21. The largest absolute Gasteiger partial charge is 0.494 e. The maximum Gasteiger partial charge on any atom is 0.239 e. The first-order valence-corrected chi connectivity index (χ1v) is 10.4. The zero-order chi connectivity index (χ0) is 21.3. The number of ether oxygens (including phenoxy) is 2. The molecule has 1 aliphatic heterocycles. The molecule has 8 nitrogen and oxygen atoms in total. The lowest BCUT2D eigenvalue weighted by atomic mass is 10.1. The summed E-state index contributed by atoms with van der Waals surface area (Å²) in [6.07, 6.45) is 2.64. The maximum absolute atomic E-state index is 12.1. The summed E-state index contributed by atoms with van der Waals surface area (Å²) in [4.78, 5) is 16.7. The van der Waals surface area contributed by atoms with Crippen LogP contribution in [0.1, 0.15) is 37.7 Å². The fraction of sp³-hybridized carbons (Fsp3) is 0.455. The Balaban J connectivity index is 0.00000341. The Bertz CT molecular complexity index is 871. The van der Waals surface area contributed by atoms with Gasteiger partial charge in [0.15, 0.2) is 5.96 Å². The molecule has 31 heavy (non-hydrogen) atoms. The van der Waals surface area contributed by atoms with Crippen molar-refractivity contribution in [2.45, 2.75) is 46.4 Å². The van der Waals surface area contributed by atoms with Gasteiger partial charge >= 0.3 is 0 Å². The van der Waals surface area contributed by atoms with Crippen LogP contribution in [0.15, 0.2) is 39.9 Å². The lowest BCUT2D eigenvalue weighted by Crippen LogP contribution is -2.43. The van der Waals surface area contributed by atoms with Crippen LogP contribution in [0.5, 0.6) is 11.5 Å². The number of halogens is 1. The van der Waals surface area contributed by atoms with Crippen molar-refractivity contribution in [3.63, 3.8) is 0 Å². The van der Waals surface area contributed by atoms with E-state index in [2.05, 4.69) is 33.9 Å². The van der Waals surface area contributed by atoms with Crippen molar-refractivity contribution in [3.05, 3.63) is 47.4 Å². The molecule has 3 N–H and O–H groups in total. The molecule has 2 heterocycles. The molecule has 0 bridgehead atoms. The van der Waals surface area contributed by atoms with Gasteiger partial charge in [-0.15, -0.1) is 24.0 Å². The van der Waals surface area contributed by atoms with Gasteiger partial charge < -0.3 is 29.8 Å².